The van der Waals surface area contributed by atoms with E-state index < -0.39 is 15.1 Å². The Morgan fingerprint density at radius 3 is 2.70 bits per heavy atom. The van der Waals surface area contributed by atoms with E-state index in [4.69, 9.17) is 4.74 Å². The maximum atomic E-state index is 12.5. The highest BCUT2D eigenvalue weighted by Gasteiger charge is 2.41. The molecule has 0 bridgehead atoms. The summed E-state index contributed by atoms with van der Waals surface area (Å²) in [5.41, 5.74) is 1.89. The topological polar surface area (TPSA) is 43.4 Å². The summed E-state index contributed by atoms with van der Waals surface area (Å²) in [5.74, 6) is -1.12. The van der Waals surface area contributed by atoms with Crippen molar-refractivity contribution in [3.05, 3.63) is 41.5 Å². The number of alkyl halides is 2. The zero-order chi connectivity index (χ0) is 14.8. The number of Topliss-reactive ketones (excluding diaryl/α,β-unsaturated/α-hetero) is 1. The maximum Gasteiger partial charge on any atom is 0.313 e. The molecule has 3 nitrogen and oxygen atoms in total. The fourth-order valence-corrected chi connectivity index (χ4v) is 3.54. The molecule has 20 heavy (non-hydrogen) atoms. The molecular formula is C15H14Br2O3. The van der Waals surface area contributed by atoms with Gasteiger partial charge in [-0.3, -0.25) is 9.59 Å². The van der Waals surface area contributed by atoms with Crippen LogP contribution in [0.5, 0.6) is 0 Å². The van der Waals surface area contributed by atoms with Crippen molar-refractivity contribution in [3.8, 4) is 0 Å². The standard InChI is InChI=1S/C15H14Br2O3/c1-2-20-13(19)9-12(18)14-11-6-4-3-5-10(11)7-8-15(14,16)17/h3-8,14H,2,9H2,1H3. The Kier molecular flexibility index (Phi) is 4.81. The molecule has 0 amide bonds. The molecule has 1 aliphatic carbocycles. The SMILES string of the molecule is CCOC(=O)CC(=O)C1c2ccccc2C=CC1(Br)Br. The highest BCUT2D eigenvalue weighted by molar-refractivity contribution is 9.25. The van der Waals surface area contributed by atoms with Crippen LogP contribution in [0.3, 0.4) is 0 Å². The number of ether oxygens (including phenoxy) is 1. The second-order valence-corrected chi connectivity index (χ2v) is 8.21. The summed E-state index contributed by atoms with van der Waals surface area (Å²) < 4.78 is 4.18. The lowest BCUT2D eigenvalue weighted by Gasteiger charge is -2.31. The second kappa shape index (κ2) is 6.22. The van der Waals surface area contributed by atoms with Crippen LogP contribution in [0, 0.1) is 0 Å². The third-order valence-electron chi connectivity index (χ3n) is 3.12. The molecule has 1 aliphatic rings. The lowest BCUT2D eigenvalue weighted by Crippen LogP contribution is -2.32. The number of fused-ring (bicyclic) bond motifs is 1. The average molecular weight is 402 g/mol. The van der Waals surface area contributed by atoms with Crippen molar-refractivity contribution >= 4 is 49.7 Å². The van der Waals surface area contributed by atoms with Gasteiger partial charge in [-0.15, -0.1) is 0 Å². The molecule has 0 saturated heterocycles. The van der Waals surface area contributed by atoms with Gasteiger partial charge in [0.05, 0.1) is 12.5 Å². The van der Waals surface area contributed by atoms with Crippen molar-refractivity contribution < 1.29 is 14.3 Å². The number of rotatable bonds is 4. The first kappa shape index (κ1) is 15.4. The van der Waals surface area contributed by atoms with Crippen molar-refractivity contribution in [1.82, 2.24) is 0 Å². The summed E-state index contributed by atoms with van der Waals surface area (Å²) in [4.78, 5) is 24.0. The van der Waals surface area contributed by atoms with Gasteiger partial charge in [-0.1, -0.05) is 68.3 Å². The van der Waals surface area contributed by atoms with Gasteiger partial charge in [-0.2, -0.15) is 0 Å². The van der Waals surface area contributed by atoms with Crippen molar-refractivity contribution in [2.75, 3.05) is 6.61 Å². The molecule has 0 N–H and O–H groups in total. The summed E-state index contributed by atoms with van der Waals surface area (Å²) in [6, 6.07) is 7.67. The van der Waals surface area contributed by atoms with E-state index >= 15 is 0 Å². The van der Waals surface area contributed by atoms with Crippen LogP contribution in [0.25, 0.3) is 6.08 Å². The molecule has 106 valence electrons. The minimum absolute atomic E-state index is 0.172. The first-order chi connectivity index (χ1) is 9.45. The average Bonchev–Trinajstić information content (AvgIpc) is 2.37. The van der Waals surface area contributed by atoms with Crippen LogP contribution in [-0.2, 0) is 14.3 Å². The van der Waals surface area contributed by atoms with Crippen LogP contribution in [0.1, 0.15) is 30.4 Å². The maximum absolute atomic E-state index is 12.5. The van der Waals surface area contributed by atoms with E-state index in [2.05, 4.69) is 31.9 Å². The lowest BCUT2D eigenvalue weighted by molar-refractivity contribution is -0.145. The summed E-state index contributed by atoms with van der Waals surface area (Å²) in [6.45, 7) is 2.00. The Hall–Kier alpha value is -0.940. The number of esters is 1. The van der Waals surface area contributed by atoms with Gasteiger partial charge in [0.1, 0.15) is 9.65 Å². The number of hydrogen-bond acceptors (Lipinski definition) is 3. The number of ketones is 1. The van der Waals surface area contributed by atoms with Crippen LogP contribution in [0.15, 0.2) is 30.3 Å². The molecule has 2 rings (SSSR count). The Labute approximate surface area is 134 Å². The van der Waals surface area contributed by atoms with Crippen LogP contribution in [0.2, 0.25) is 0 Å². The normalized spacial score (nSPS) is 19.2. The highest BCUT2D eigenvalue weighted by atomic mass is 79.9. The smallest absolute Gasteiger partial charge is 0.313 e. The van der Waals surface area contributed by atoms with Gasteiger partial charge in [-0.25, -0.2) is 0 Å². The first-order valence-corrected chi connectivity index (χ1v) is 7.88. The van der Waals surface area contributed by atoms with Gasteiger partial charge in [-0.05, 0) is 18.1 Å². The van der Waals surface area contributed by atoms with Crippen molar-refractivity contribution in [2.24, 2.45) is 0 Å². The van der Waals surface area contributed by atoms with Crippen LogP contribution in [-0.4, -0.2) is 21.6 Å². The third kappa shape index (κ3) is 3.20. The summed E-state index contributed by atoms with van der Waals surface area (Å²) >= 11 is 7.03. The van der Waals surface area contributed by atoms with Crippen molar-refractivity contribution in [3.63, 3.8) is 0 Å². The number of benzene rings is 1. The summed E-state index contributed by atoms with van der Waals surface area (Å²) in [5, 5.41) is 0. The predicted molar refractivity (Wildman–Crippen MR) is 85.1 cm³/mol. The Bertz CT molecular complexity index is 564. The van der Waals surface area contributed by atoms with Crippen molar-refractivity contribution in [2.45, 2.75) is 22.5 Å². The summed E-state index contributed by atoms with van der Waals surface area (Å²) in [6.07, 6.45) is 3.61. The Morgan fingerprint density at radius 2 is 2.00 bits per heavy atom. The van der Waals surface area contributed by atoms with Gasteiger partial charge in [0.25, 0.3) is 0 Å². The molecule has 5 heteroatoms. The highest BCUT2D eigenvalue weighted by Crippen LogP contribution is 2.47. The Balaban J connectivity index is 2.30. The first-order valence-electron chi connectivity index (χ1n) is 6.30. The van der Waals surface area contributed by atoms with Gasteiger partial charge in [0, 0.05) is 0 Å². The summed E-state index contributed by atoms with van der Waals surface area (Å²) in [7, 11) is 0. The molecule has 0 spiro atoms. The predicted octanol–water partition coefficient (Wildman–Crippen LogP) is 3.81. The Morgan fingerprint density at radius 1 is 1.30 bits per heavy atom. The molecule has 1 aromatic carbocycles. The quantitative estimate of drug-likeness (QED) is 0.437. The van der Waals surface area contributed by atoms with Gasteiger partial charge >= 0.3 is 5.97 Å². The molecule has 0 radical (unpaired) electrons. The molecule has 0 aliphatic heterocycles. The van der Waals surface area contributed by atoms with E-state index in [0.717, 1.165) is 11.1 Å². The fourth-order valence-electron chi connectivity index (χ4n) is 2.27. The van der Waals surface area contributed by atoms with E-state index in [-0.39, 0.29) is 18.8 Å². The third-order valence-corrected chi connectivity index (χ3v) is 4.57. The molecule has 1 atom stereocenters. The van der Waals surface area contributed by atoms with Crippen molar-refractivity contribution in [1.29, 1.82) is 0 Å². The van der Waals surface area contributed by atoms with E-state index in [1.807, 2.05) is 36.4 Å². The molecular weight excluding hydrogens is 388 g/mol. The van der Waals surface area contributed by atoms with E-state index in [9.17, 15) is 9.59 Å². The zero-order valence-electron chi connectivity index (χ0n) is 10.9. The van der Waals surface area contributed by atoms with Gasteiger partial charge < -0.3 is 4.74 Å². The van der Waals surface area contributed by atoms with E-state index in [0.29, 0.717) is 0 Å². The molecule has 1 aromatic rings. The molecule has 0 saturated carbocycles. The number of carbonyl (C=O) groups is 2. The molecule has 0 fully saturated rings. The van der Waals surface area contributed by atoms with E-state index in [1.165, 1.54) is 0 Å². The minimum atomic E-state index is -0.669. The number of allylic oxidation sites excluding steroid dienone is 1. The molecule has 0 heterocycles. The van der Waals surface area contributed by atoms with Crippen LogP contribution in [0.4, 0.5) is 0 Å². The molecule has 1 unspecified atom stereocenters. The lowest BCUT2D eigenvalue weighted by atomic mass is 9.83. The monoisotopic (exact) mass is 400 g/mol. The second-order valence-electron chi connectivity index (χ2n) is 4.52. The minimum Gasteiger partial charge on any atom is -0.466 e. The van der Waals surface area contributed by atoms with Crippen LogP contribution < -0.4 is 0 Å². The van der Waals surface area contributed by atoms with Gasteiger partial charge in [0.15, 0.2) is 5.78 Å². The van der Waals surface area contributed by atoms with Gasteiger partial charge in [0.2, 0.25) is 0 Å². The molecule has 0 aromatic heterocycles. The van der Waals surface area contributed by atoms with Crippen LogP contribution >= 0.6 is 31.9 Å². The largest absolute Gasteiger partial charge is 0.466 e. The zero-order valence-corrected chi connectivity index (χ0v) is 14.1. The number of carbonyl (C=O) groups excluding carboxylic acids is 2. The van der Waals surface area contributed by atoms with E-state index in [1.54, 1.807) is 6.92 Å². The number of hydrogen-bond donors (Lipinski definition) is 0. The fraction of sp³-hybridized carbons (Fsp3) is 0.333. The number of halogens is 2.